The zero-order valence-corrected chi connectivity index (χ0v) is 19.3. The van der Waals surface area contributed by atoms with E-state index < -0.39 is 6.04 Å². The van der Waals surface area contributed by atoms with E-state index in [0.29, 0.717) is 48.3 Å². The predicted molar refractivity (Wildman–Crippen MR) is 128 cm³/mol. The highest BCUT2D eigenvalue weighted by Crippen LogP contribution is 2.26. The van der Waals surface area contributed by atoms with E-state index in [-0.39, 0.29) is 17.7 Å². The van der Waals surface area contributed by atoms with E-state index in [9.17, 15) is 14.0 Å². The number of carbonyl (C=O) groups is 2. The molecule has 0 saturated carbocycles. The molecule has 176 valence electrons. The standard InChI is InChI=1S/C25H24ClFN4O3/c1-34-25(33)22(17-7-9-18(26)10-8-17)30-12-14-31(15-13-30)24(32)21-6-3-11-28-23(21)29-20-5-2-4-19(27)16-20/h2-11,16,22H,12-15H2,1H3,(H,28,29). The molecule has 1 amide bonds. The summed E-state index contributed by atoms with van der Waals surface area (Å²) in [5.41, 5.74) is 1.67. The first kappa shape index (κ1) is 23.7. The predicted octanol–water partition coefficient (Wildman–Crippen LogP) is 4.29. The van der Waals surface area contributed by atoms with Crippen molar-refractivity contribution >= 4 is 35.0 Å². The van der Waals surface area contributed by atoms with Crippen LogP contribution in [-0.2, 0) is 9.53 Å². The zero-order chi connectivity index (χ0) is 24.1. The molecule has 1 N–H and O–H groups in total. The van der Waals surface area contributed by atoms with Gasteiger partial charge in [-0.25, -0.2) is 14.2 Å². The maximum Gasteiger partial charge on any atom is 0.327 e. The van der Waals surface area contributed by atoms with Gasteiger partial charge >= 0.3 is 5.97 Å². The summed E-state index contributed by atoms with van der Waals surface area (Å²) < 4.78 is 18.6. The van der Waals surface area contributed by atoms with Crippen LogP contribution in [0.25, 0.3) is 0 Å². The Morgan fingerprint density at radius 3 is 2.47 bits per heavy atom. The van der Waals surface area contributed by atoms with Crippen LogP contribution in [0.15, 0.2) is 66.9 Å². The highest BCUT2D eigenvalue weighted by Gasteiger charge is 2.33. The van der Waals surface area contributed by atoms with Crippen molar-refractivity contribution < 1.29 is 18.7 Å². The largest absolute Gasteiger partial charge is 0.468 e. The summed E-state index contributed by atoms with van der Waals surface area (Å²) >= 11 is 6.00. The number of carbonyl (C=O) groups excluding carboxylic acids is 2. The molecule has 1 aliphatic heterocycles. The Kier molecular flexibility index (Phi) is 7.40. The lowest BCUT2D eigenvalue weighted by atomic mass is 10.0. The summed E-state index contributed by atoms with van der Waals surface area (Å²) in [5, 5.41) is 3.61. The number of hydrogen-bond acceptors (Lipinski definition) is 6. The number of amides is 1. The second-order valence-electron chi connectivity index (χ2n) is 7.84. The Hall–Kier alpha value is -3.49. The van der Waals surface area contributed by atoms with Gasteiger partial charge in [-0.1, -0.05) is 29.8 Å². The van der Waals surface area contributed by atoms with Gasteiger partial charge in [0.1, 0.15) is 17.7 Å². The van der Waals surface area contributed by atoms with Crippen molar-refractivity contribution in [3.63, 3.8) is 0 Å². The molecule has 7 nitrogen and oxygen atoms in total. The van der Waals surface area contributed by atoms with Crippen molar-refractivity contribution in [2.75, 3.05) is 38.6 Å². The van der Waals surface area contributed by atoms with Crippen LogP contribution in [0.2, 0.25) is 5.02 Å². The van der Waals surface area contributed by atoms with E-state index >= 15 is 0 Å². The van der Waals surface area contributed by atoms with Crippen LogP contribution in [0.5, 0.6) is 0 Å². The number of nitrogens with one attached hydrogen (secondary N) is 1. The highest BCUT2D eigenvalue weighted by molar-refractivity contribution is 6.30. The van der Waals surface area contributed by atoms with Gasteiger partial charge in [0.15, 0.2) is 0 Å². The molecule has 1 fully saturated rings. The van der Waals surface area contributed by atoms with Gasteiger partial charge in [0.2, 0.25) is 0 Å². The van der Waals surface area contributed by atoms with Crippen molar-refractivity contribution in [3.05, 3.63) is 88.8 Å². The number of ether oxygens (including phenoxy) is 1. The smallest absolute Gasteiger partial charge is 0.327 e. The molecule has 4 rings (SSSR count). The lowest BCUT2D eigenvalue weighted by molar-refractivity contribution is -0.148. The number of pyridine rings is 1. The molecular weight excluding hydrogens is 459 g/mol. The third-order valence-electron chi connectivity index (χ3n) is 5.70. The summed E-state index contributed by atoms with van der Waals surface area (Å²) in [6.07, 6.45) is 1.57. The minimum atomic E-state index is -0.580. The first-order valence-corrected chi connectivity index (χ1v) is 11.2. The second kappa shape index (κ2) is 10.6. The molecule has 1 aliphatic rings. The lowest BCUT2D eigenvalue weighted by Gasteiger charge is -2.38. The highest BCUT2D eigenvalue weighted by atomic mass is 35.5. The summed E-state index contributed by atoms with van der Waals surface area (Å²) in [5.74, 6) is -0.580. The average molecular weight is 483 g/mol. The number of anilines is 2. The van der Waals surface area contributed by atoms with Crippen LogP contribution in [-0.4, -0.2) is 59.9 Å². The number of esters is 1. The van der Waals surface area contributed by atoms with Crippen molar-refractivity contribution in [1.29, 1.82) is 0 Å². The number of aromatic nitrogens is 1. The van der Waals surface area contributed by atoms with E-state index in [2.05, 4.69) is 10.3 Å². The maximum absolute atomic E-state index is 13.6. The van der Waals surface area contributed by atoms with Crippen LogP contribution in [0.4, 0.5) is 15.9 Å². The molecule has 2 aromatic carbocycles. The molecule has 0 radical (unpaired) electrons. The topological polar surface area (TPSA) is 74.8 Å². The van der Waals surface area contributed by atoms with E-state index in [4.69, 9.17) is 16.3 Å². The molecule has 2 heterocycles. The Bertz CT molecular complexity index is 1170. The van der Waals surface area contributed by atoms with Gasteiger partial charge in [0, 0.05) is 43.1 Å². The fourth-order valence-corrected chi connectivity index (χ4v) is 4.11. The van der Waals surface area contributed by atoms with Crippen molar-refractivity contribution in [2.45, 2.75) is 6.04 Å². The van der Waals surface area contributed by atoms with Gasteiger partial charge < -0.3 is 15.0 Å². The van der Waals surface area contributed by atoms with Crippen molar-refractivity contribution in [1.82, 2.24) is 14.8 Å². The fraction of sp³-hybridized carbons (Fsp3) is 0.240. The second-order valence-corrected chi connectivity index (χ2v) is 8.28. The van der Waals surface area contributed by atoms with Gasteiger partial charge in [-0.05, 0) is 48.0 Å². The van der Waals surface area contributed by atoms with Gasteiger partial charge in [0.05, 0.1) is 12.7 Å². The molecule has 0 aliphatic carbocycles. The minimum Gasteiger partial charge on any atom is -0.468 e. The molecule has 0 spiro atoms. The molecule has 0 bridgehead atoms. The van der Waals surface area contributed by atoms with Crippen molar-refractivity contribution in [3.8, 4) is 0 Å². The monoisotopic (exact) mass is 482 g/mol. The van der Waals surface area contributed by atoms with E-state index in [1.54, 1.807) is 59.6 Å². The third-order valence-corrected chi connectivity index (χ3v) is 5.95. The summed E-state index contributed by atoms with van der Waals surface area (Å²) in [4.78, 5) is 33.9. The van der Waals surface area contributed by atoms with E-state index in [1.807, 2.05) is 4.90 Å². The first-order valence-electron chi connectivity index (χ1n) is 10.8. The molecule has 1 aromatic heterocycles. The third kappa shape index (κ3) is 5.35. The number of piperazine rings is 1. The Morgan fingerprint density at radius 1 is 1.06 bits per heavy atom. The zero-order valence-electron chi connectivity index (χ0n) is 18.6. The molecule has 1 saturated heterocycles. The minimum absolute atomic E-state index is 0.187. The SMILES string of the molecule is COC(=O)C(c1ccc(Cl)cc1)N1CCN(C(=O)c2cccnc2Nc2cccc(F)c2)CC1. The van der Waals surface area contributed by atoms with Gasteiger partial charge in [-0.2, -0.15) is 0 Å². The molecule has 9 heteroatoms. The summed E-state index contributed by atoms with van der Waals surface area (Å²) in [6, 6.07) is 15.9. The van der Waals surface area contributed by atoms with Crippen LogP contribution in [0.3, 0.4) is 0 Å². The molecule has 34 heavy (non-hydrogen) atoms. The van der Waals surface area contributed by atoms with Gasteiger partial charge in [-0.15, -0.1) is 0 Å². The average Bonchev–Trinajstić information content (AvgIpc) is 2.85. The van der Waals surface area contributed by atoms with Crippen molar-refractivity contribution in [2.24, 2.45) is 0 Å². The molecular formula is C25H24ClFN4O3. The molecule has 1 unspecified atom stereocenters. The number of halogens is 2. The number of hydrogen-bond donors (Lipinski definition) is 1. The number of methoxy groups -OCH3 is 1. The number of benzene rings is 2. The number of nitrogens with zero attached hydrogens (tertiary/aromatic N) is 3. The van der Waals surface area contributed by atoms with E-state index in [0.717, 1.165) is 5.56 Å². The Labute approximate surface area is 202 Å². The summed E-state index contributed by atoms with van der Waals surface area (Å²) in [6.45, 7) is 1.82. The van der Waals surface area contributed by atoms with E-state index in [1.165, 1.54) is 19.2 Å². The van der Waals surface area contributed by atoms with Crippen LogP contribution in [0, 0.1) is 5.82 Å². The van der Waals surface area contributed by atoms with Crippen LogP contribution < -0.4 is 5.32 Å². The maximum atomic E-state index is 13.6. The molecule has 3 aromatic rings. The van der Waals surface area contributed by atoms with Gasteiger partial charge in [0.25, 0.3) is 5.91 Å². The van der Waals surface area contributed by atoms with Crippen LogP contribution >= 0.6 is 11.6 Å². The fourth-order valence-electron chi connectivity index (χ4n) is 3.99. The quantitative estimate of drug-likeness (QED) is 0.528. The number of rotatable bonds is 6. The first-order chi connectivity index (χ1) is 16.5. The van der Waals surface area contributed by atoms with Crippen LogP contribution in [0.1, 0.15) is 22.0 Å². The van der Waals surface area contributed by atoms with Gasteiger partial charge in [-0.3, -0.25) is 9.69 Å². The Morgan fingerprint density at radius 2 is 1.79 bits per heavy atom. The lowest BCUT2D eigenvalue weighted by Crippen LogP contribution is -2.51. The molecule has 1 atom stereocenters. The normalized spacial score (nSPS) is 15.0. The Balaban J connectivity index is 1.47. The summed E-state index contributed by atoms with van der Waals surface area (Å²) in [7, 11) is 1.36.